The first kappa shape index (κ1) is 23.3. The molecule has 3 aromatic rings. The van der Waals surface area contributed by atoms with Crippen molar-refractivity contribution in [3.63, 3.8) is 0 Å². The third-order valence-electron chi connectivity index (χ3n) is 5.64. The molecule has 0 spiro atoms. The highest BCUT2D eigenvalue weighted by molar-refractivity contribution is 9.10. The first-order valence-electron chi connectivity index (χ1n) is 10.3. The molecule has 7 nitrogen and oxygen atoms in total. The number of methoxy groups -OCH3 is 1. The number of amides is 1. The fraction of sp³-hybridized carbons (Fsp3) is 0.115. The van der Waals surface area contributed by atoms with Crippen LogP contribution in [-0.2, 0) is 16.1 Å². The van der Waals surface area contributed by atoms with Gasteiger partial charge in [-0.15, -0.1) is 0 Å². The van der Waals surface area contributed by atoms with E-state index in [1.54, 1.807) is 60.7 Å². The maximum Gasteiger partial charge on any atom is 0.335 e. The molecule has 2 N–H and O–H groups in total. The molecule has 1 unspecified atom stereocenters. The predicted octanol–water partition coefficient (Wildman–Crippen LogP) is 4.78. The van der Waals surface area contributed by atoms with Gasteiger partial charge in [0.2, 0.25) is 0 Å². The molecule has 1 saturated heterocycles. The fourth-order valence-electron chi connectivity index (χ4n) is 3.89. The summed E-state index contributed by atoms with van der Waals surface area (Å²) in [5.74, 6) is -2.25. The molecule has 34 heavy (non-hydrogen) atoms. The van der Waals surface area contributed by atoms with Crippen LogP contribution in [0.5, 0.6) is 5.75 Å². The number of benzene rings is 3. The number of Topliss-reactive ketones (excluding diaryl/α,β-unsaturated/α-hetero) is 1. The number of halogens is 1. The number of carboxylic acids is 1. The monoisotopic (exact) mass is 521 g/mol. The molecule has 4 rings (SSSR count). The van der Waals surface area contributed by atoms with Crippen molar-refractivity contribution in [2.75, 3.05) is 7.11 Å². The van der Waals surface area contributed by atoms with E-state index < -0.39 is 23.7 Å². The maximum atomic E-state index is 13.1. The van der Waals surface area contributed by atoms with Crippen LogP contribution in [0, 0.1) is 0 Å². The number of aliphatic hydroxyl groups excluding tert-OH is 1. The minimum absolute atomic E-state index is 0.0142. The maximum absolute atomic E-state index is 13.1. The van der Waals surface area contributed by atoms with Crippen LogP contribution in [0.1, 0.15) is 33.1 Å². The van der Waals surface area contributed by atoms with Crippen molar-refractivity contribution in [3.05, 3.63) is 105 Å². The summed E-state index contributed by atoms with van der Waals surface area (Å²) in [5.41, 5.74) is 1.78. The molecule has 0 saturated carbocycles. The van der Waals surface area contributed by atoms with E-state index in [1.807, 2.05) is 0 Å². The molecule has 1 atom stereocenters. The first-order valence-corrected chi connectivity index (χ1v) is 11.1. The van der Waals surface area contributed by atoms with Crippen LogP contribution in [0.2, 0.25) is 0 Å². The number of rotatable bonds is 6. The Balaban J connectivity index is 1.81. The quantitative estimate of drug-likeness (QED) is 0.275. The van der Waals surface area contributed by atoms with E-state index in [1.165, 1.54) is 24.1 Å². The number of carbonyl (C=O) groups excluding carboxylic acids is 2. The Labute approximate surface area is 204 Å². The zero-order chi connectivity index (χ0) is 24.4. The van der Waals surface area contributed by atoms with Crippen LogP contribution >= 0.6 is 15.9 Å². The molecular weight excluding hydrogens is 502 g/mol. The Bertz CT molecular complexity index is 1280. The average Bonchev–Trinajstić information content (AvgIpc) is 3.09. The Morgan fingerprint density at radius 1 is 0.912 bits per heavy atom. The second-order valence-electron chi connectivity index (χ2n) is 7.71. The predicted molar refractivity (Wildman–Crippen MR) is 128 cm³/mol. The van der Waals surface area contributed by atoms with Crippen molar-refractivity contribution in [1.82, 2.24) is 4.90 Å². The summed E-state index contributed by atoms with van der Waals surface area (Å²) in [5, 5.41) is 20.2. The smallest absolute Gasteiger partial charge is 0.335 e. The molecule has 1 aliphatic heterocycles. The number of aliphatic hydroxyl groups is 1. The van der Waals surface area contributed by atoms with E-state index in [0.717, 1.165) is 4.47 Å². The first-order chi connectivity index (χ1) is 16.3. The second-order valence-corrected chi connectivity index (χ2v) is 8.62. The van der Waals surface area contributed by atoms with E-state index in [9.17, 15) is 19.5 Å². The highest BCUT2D eigenvalue weighted by Crippen LogP contribution is 2.40. The van der Waals surface area contributed by atoms with Crippen LogP contribution < -0.4 is 4.74 Å². The van der Waals surface area contributed by atoms with Gasteiger partial charge in [0.05, 0.1) is 24.3 Å². The van der Waals surface area contributed by atoms with E-state index in [4.69, 9.17) is 9.84 Å². The molecule has 1 heterocycles. The third-order valence-corrected chi connectivity index (χ3v) is 6.17. The zero-order valence-electron chi connectivity index (χ0n) is 18.1. The summed E-state index contributed by atoms with van der Waals surface area (Å²) >= 11 is 3.35. The van der Waals surface area contributed by atoms with Crippen molar-refractivity contribution in [2.24, 2.45) is 0 Å². The highest BCUT2D eigenvalue weighted by atomic mass is 79.9. The molecular formula is C26H20BrNO6. The van der Waals surface area contributed by atoms with Gasteiger partial charge in [-0.2, -0.15) is 0 Å². The van der Waals surface area contributed by atoms with Crippen molar-refractivity contribution in [2.45, 2.75) is 12.6 Å². The zero-order valence-corrected chi connectivity index (χ0v) is 19.7. The third kappa shape index (κ3) is 4.45. The number of likely N-dealkylation sites (tertiary alicyclic amines) is 1. The lowest BCUT2D eigenvalue weighted by molar-refractivity contribution is -0.140. The largest absolute Gasteiger partial charge is 0.507 e. The van der Waals surface area contributed by atoms with Gasteiger partial charge in [-0.3, -0.25) is 9.59 Å². The van der Waals surface area contributed by atoms with Crippen molar-refractivity contribution in [1.29, 1.82) is 0 Å². The molecule has 0 aliphatic carbocycles. The van der Waals surface area contributed by atoms with Crippen molar-refractivity contribution in [3.8, 4) is 5.75 Å². The number of nitrogens with zero attached hydrogens (tertiary/aromatic N) is 1. The number of ether oxygens (including phenoxy) is 1. The van der Waals surface area contributed by atoms with Gasteiger partial charge in [-0.05, 0) is 47.5 Å². The molecule has 172 valence electrons. The molecule has 3 aromatic carbocycles. The Hall–Kier alpha value is -3.91. The Morgan fingerprint density at radius 3 is 2.06 bits per heavy atom. The van der Waals surface area contributed by atoms with Gasteiger partial charge in [-0.25, -0.2) is 4.79 Å². The van der Waals surface area contributed by atoms with Crippen molar-refractivity contribution >= 4 is 39.3 Å². The molecule has 8 heteroatoms. The number of ketones is 1. The fourth-order valence-corrected chi connectivity index (χ4v) is 4.15. The van der Waals surface area contributed by atoms with Crippen LogP contribution in [-0.4, -0.2) is 39.9 Å². The number of hydrogen-bond donors (Lipinski definition) is 2. The summed E-state index contributed by atoms with van der Waals surface area (Å²) < 4.78 is 6.03. The lowest BCUT2D eigenvalue weighted by Gasteiger charge is -2.25. The SMILES string of the molecule is COc1ccc(C2/C(=C(\O)c3ccc(Br)cc3)C(=O)C(=O)N2Cc2ccc(C(=O)O)cc2)cc1. The summed E-state index contributed by atoms with van der Waals surface area (Å²) in [6, 6.07) is 18.9. The minimum atomic E-state index is -1.06. The molecule has 0 bridgehead atoms. The number of hydrogen-bond acceptors (Lipinski definition) is 5. The average molecular weight is 522 g/mol. The second kappa shape index (κ2) is 9.52. The normalized spacial score (nSPS) is 17.1. The lowest BCUT2D eigenvalue weighted by atomic mass is 9.95. The Morgan fingerprint density at radius 2 is 1.50 bits per heavy atom. The molecule has 1 amide bonds. The summed E-state index contributed by atoms with van der Waals surface area (Å²) in [4.78, 5) is 38.8. The van der Waals surface area contributed by atoms with Crippen LogP contribution in [0.25, 0.3) is 5.76 Å². The van der Waals surface area contributed by atoms with Gasteiger partial charge in [0.1, 0.15) is 11.5 Å². The Kier molecular flexibility index (Phi) is 6.51. The summed E-state index contributed by atoms with van der Waals surface area (Å²) in [6.07, 6.45) is 0. The number of carbonyl (C=O) groups is 3. The van der Waals surface area contributed by atoms with Gasteiger partial charge in [-0.1, -0.05) is 52.3 Å². The van der Waals surface area contributed by atoms with Gasteiger partial charge < -0.3 is 19.8 Å². The molecule has 0 radical (unpaired) electrons. The van der Waals surface area contributed by atoms with E-state index in [-0.39, 0.29) is 23.4 Å². The number of aromatic carboxylic acids is 1. The lowest BCUT2D eigenvalue weighted by Crippen LogP contribution is -2.29. The number of carboxylic acid groups (broad SMARTS) is 1. The van der Waals surface area contributed by atoms with E-state index >= 15 is 0 Å². The highest BCUT2D eigenvalue weighted by Gasteiger charge is 2.46. The summed E-state index contributed by atoms with van der Waals surface area (Å²) in [7, 11) is 1.54. The molecule has 1 fully saturated rings. The van der Waals surface area contributed by atoms with Gasteiger partial charge >= 0.3 is 5.97 Å². The summed E-state index contributed by atoms with van der Waals surface area (Å²) in [6.45, 7) is 0.0539. The van der Waals surface area contributed by atoms with E-state index in [0.29, 0.717) is 22.4 Å². The molecule has 1 aliphatic rings. The topological polar surface area (TPSA) is 104 Å². The van der Waals surface area contributed by atoms with Crippen LogP contribution in [0.15, 0.2) is 82.8 Å². The van der Waals surface area contributed by atoms with Gasteiger partial charge in [0, 0.05) is 16.6 Å². The molecule has 0 aromatic heterocycles. The van der Waals surface area contributed by atoms with Gasteiger partial charge in [0.15, 0.2) is 0 Å². The van der Waals surface area contributed by atoms with E-state index in [2.05, 4.69) is 15.9 Å². The minimum Gasteiger partial charge on any atom is -0.507 e. The van der Waals surface area contributed by atoms with Crippen LogP contribution in [0.4, 0.5) is 0 Å². The van der Waals surface area contributed by atoms with Crippen molar-refractivity contribution < 1.29 is 29.3 Å². The van der Waals surface area contributed by atoms with Crippen LogP contribution in [0.3, 0.4) is 0 Å². The van der Waals surface area contributed by atoms with Gasteiger partial charge in [0.25, 0.3) is 11.7 Å². The standard InChI is InChI=1S/C26H20BrNO6/c1-34-20-12-8-16(9-13-20)22-21(23(29)17-6-10-19(27)11-7-17)24(30)25(31)28(22)14-15-2-4-18(5-3-15)26(32)33/h2-13,22,29H,14H2,1H3,(H,32,33)/b23-21+.